The third-order valence-electron chi connectivity index (χ3n) is 3.08. The molecule has 0 fully saturated rings. The summed E-state index contributed by atoms with van der Waals surface area (Å²) in [5, 5.41) is 4.95. The van der Waals surface area contributed by atoms with Crippen LogP contribution in [0.4, 0.5) is 14.5 Å². The highest BCUT2D eigenvalue weighted by Crippen LogP contribution is 2.20. The van der Waals surface area contributed by atoms with E-state index < -0.39 is 32.3 Å². The molecule has 2 aromatic rings. The molecular weight excluding hydrogens is 358 g/mol. The molecule has 2 rings (SSSR count). The summed E-state index contributed by atoms with van der Waals surface area (Å²) in [5.74, 6) is -4.29. The molecule has 25 heavy (non-hydrogen) atoms. The van der Waals surface area contributed by atoms with Crippen LogP contribution in [0, 0.1) is 0 Å². The van der Waals surface area contributed by atoms with Crippen molar-refractivity contribution < 1.29 is 31.2 Å². The summed E-state index contributed by atoms with van der Waals surface area (Å²) >= 11 is 0. The van der Waals surface area contributed by atoms with Crippen LogP contribution >= 0.6 is 0 Å². The van der Waals surface area contributed by atoms with Crippen LogP contribution in [0.25, 0.3) is 0 Å². The molecule has 1 heterocycles. The summed E-state index contributed by atoms with van der Waals surface area (Å²) in [7, 11) is -4.67. The van der Waals surface area contributed by atoms with E-state index in [0.29, 0.717) is 0 Å². The van der Waals surface area contributed by atoms with Gasteiger partial charge in [-0.15, -0.1) is 0 Å². The second-order valence-corrected chi connectivity index (χ2v) is 6.78. The van der Waals surface area contributed by atoms with Gasteiger partial charge < -0.3 is 15.1 Å². The van der Waals surface area contributed by atoms with Crippen molar-refractivity contribution >= 4 is 27.3 Å². The van der Waals surface area contributed by atoms with Gasteiger partial charge in [-0.1, -0.05) is 0 Å². The van der Waals surface area contributed by atoms with Gasteiger partial charge >= 0.3 is 5.76 Å². The smallest absolute Gasteiger partial charge is 0.341 e. The fourth-order valence-electron chi connectivity index (χ4n) is 1.84. The van der Waals surface area contributed by atoms with Crippen molar-refractivity contribution in [2.24, 2.45) is 0 Å². The van der Waals surface area contributed by atoms with E-state index in [1.165, 1.54) is 24.5 Å². The van der Waals surface area contributed by atoms with Gasteiger partial charge in [-0.3, -0.25) is 9.59 Å². The largest absolute Gasteiger partial charge is 0.459 e. The average molecular weight is 372 g/mol. The van der Waals surface area contributed by atoms with Gasteiger partial charge in [0, 0.05) is 18.7 Å². The first kappa shape index (κ1) is 18.6. The van der Waals surface area contributed by atoms with Crippen LogP contribution in [0.5, 0.6) is 0 Å². The van der Waals surface area contributed by atoms with Crippen molar-refractivity contribution in [2.75, 3.05) is 11.9 Å². The van der Waals surface area contributed by atoms with E-state index in [0.717, 1.165) is 12.1 Å². The molecule has 0 aliphatic rings. The maximum Gasteiger partial charge on any atom is 0.341 e. The average Bonchev–Trinajstić information content (AvgIpc) is 3.09. The number of benzene rings is 1. The third kappa shape index (κ3) is 4.86. The first-order chi connectivity index (χ1) is 11.8. The van der Waals surface area contributed by atoms with E-state index in [4.69, 9.17) is 4.42 Å². The Morgan fingerprint density at radius 1 is 1.12 bits per heavy atom. The fourth-order valence-corrected chi connectivity index (χ4v) is 2.56. The Balaban J connectivity index is 1.83. The fraction of sp³-hybridized carbons (Fsp3) is 0.200. The summed E-state index contributed by atoms with van der Waals surface area (Å²) in [4.78, 5) is 22.8. The highest BCUT2D eigenvalue weighted by Gasteiger charge is 2.26. The number of hydrogen-bond donors (Lipinski definition) is 2. The molecule has 0 aliphatic heterocycles. The molecule has 2 amide bonds. The molecule has 10 heteroatoms. The monoisotopic (exact) mass is 372 g/mol. The molecule has 0 unspecified atom stereocenters. The zero-order chi connectivity index (χ0) is 18.4. The van der Waals surface area contributed by atoms with E-state index >= 15 is 0 Å². The number of anilines is 1. The molecule has 2 N–H and O–H groups in total. The van der Waals surface area contributed by atoms with Gasteiger partial charge in [0.2, 0.25) is 15.7 Å². The molecule has 0 saturated carbocycles. The van der Waals surface area contributed by atoms with Crippen molar-refractivity contribution in [2.45, 2.75) is 17.1 Å². The molecule has 1 aromatic carbocycles. The minimum atomic E-state index is -4.67. The number of carbonyl (C=O) groups is 2. The molecule has 0 atom stereocenters. The standard InChI is InChI=1S/C15H14F2N2O5S/c16-15(17)25(22,23)11-5-3-10(4-6-11)19-13(20)7-8-18-14(21)12-2-1-9-24-12/h1-6,9,15H,7-8H2,(H,18,21)(H,19,20). The minimum Gasteiger partial charge on any atom is -0.459 e. The van der Waals surface area contributed by atoms with Crippen LogP contribution in [-0.4, -0.2) is 32.5 Å². The Hall–Kier alpha value is -2.75. The lowest BCUT2D eigenvalue weighted by molar-refractivity contribution is -0.116. The molecule has 7 nitrogen and oxygen atoms in total. The third-order valence-corrected chi connectivity index (χ3v) is 4.48. The Morgan fingerprint density at radius 3 is 2.36 bits per heavy atom. The summed E-state index contributed by atoms with van der Waals surface area (Å²) in [5.41, 5.74) is 0.246. The molecule has 0 saturated heterocycles. The highest BCUT2D eigenvalue weighted by atomic mass is 32.2. The van der Waals surface area contributed by atoms with Crippen LogP contribution in [0.2, 0.25) is 0 Å². The topological polar surface area (TPSA) is 105 Å². The quantitative estimate of drug-likeness (QED) is 0.774. The minimum absolute atomic E-state index is 0.0382. The Morgan fingerprint density at radius 2 is 1.80 bits per heavy atom. The van der Waals surface area contributed by atoms with Crippen molar-refractivity contribution in [3.05, 3.63) is 48.4 Å². The lowest BCUT2D eigenvalue weighted by Crippen LogP contribution is -2.27. The number of alkyl halides is 2. The number of rotatable bonds is 7. The van der Waals surface area contributed by atoms with Crippen LogP contribution < -0.4 is 10.6 Å². The van der Waals surface area contributed by atoms with Crippen LogP contribution in [-0.2, 0) is 14.6 Å². The normalized spacial score (nSPS) is 11.3. The molecular formula is C15H14F2N2O5S. The summed E-state index contributed by atoms with van der Waals surface area (Å²) in [6.45, 7) is 0.0587. The van der Waals surface area contributed by atoms with E-state index in [-0.39, 0.29) is 24.4 Å². The number of nitrogens with one attached hydrogen (secondary N) is 2. The SMILES string of the molecule is O=C(CCNC(=O)c1ccco1)Nc1ccc(S(=O)(=O)C(F)F)cc1. The molecule has 0 spiro atoms. The lowest BCUT2D eigenvalue weighted by atomic mass is 10.3. The Labute approximate surface area is 141 Å². The molecule has 0 bridgehead atoms. The van der Waals surface area contributed by atoms with E-state index in [2.05, 4.69) is 10.6 Å². The highest BCUT2D eigenvalue weighted by molar-refractivity contribution is 7.91. The Kier molecular flexibility index (Phi) is 5.86. The van der Waals surface area contributed by atoms with E-state index in [9.17, 15) is 26.8 Å². The van der Waals surface area contributed by atoms with E-state index in [1.807, 2.05) is 0 Å². The second-order valence-electron chi connectivity index (χ2n) is 4.86. The molecule has 0 aliphatic carbocycles. The zero-order valence-corrected chi connectivity index (χ0v) is 13.6. The predicted octanol–water partition coefficient (Wildman–Crippen LogP) is 2.03. The number of amides is 2. The van der Waals surface area contributed by atoms with Crippen molar-refractivity contribution in [1.82, 2.24) is 5.32 Å². The number of furan rings is 1. The maximum absolute atomic E-state index is 12.4. The van der Waals surface area contributed by atoms with Crippen LogP contribution in [0.3, 0.4) is 0 Å². The Bertz CT molecular complexity index is 833. The van der Waals surface area contributed by atoms with Gasteiger partial charge in [0.25, 0.3) is 5.91 Å². The molecule has 1 aromatic heterocycles. The summed E-state index contributed by atoms with van der Waals surface area (Å²) in [6.07, 6.45) is 1.31. The van der Waals surface area contributed by atoms with Crippen LogP contribution in [0.1, 0.15) is 17.0 Å². The number of halogens is 2. The number of sulfone groups is 1. The van der Waals surface area contributed by atoms with Gasteiger partial charge in [-0.05, 0) is 36.4 Å². The summed E-state index contributed by atoms with van der Waals surface area (Å²) in [6, 6.07) is 7.40. The maximum atomic E-state index is 12.4. The van der Waals surface area contributed by atoms with Crippen molar-refractivity contribution in [3.63, 3.8) is 0 Å². The lowest BCUT2D eigenvalue weighted by Gasteiger charge is -2.07. The van der Waals surface area contributed by atoms with Gasteiger partial charge in [0.15, 0.2) is 5.76 Å². The zero-order valence-electron chi connectivity index (χ0n) is 12.7. The summed E-state index contributed by atoms with van der Waals surface area (Å²) < 4.78 is 52.3. The van der Waals surface area contributed by atoms with Crippen molar-refractivity contribution in [1.29, 1.82) is 0 Å². The first-order valence-electron chi connectivity index (χ1n) is 7.04. The number of hydrogen-bond acceptors (Lipinski definition) is 5. The van der Waals surface area contributed by atoms with Gasteiger partial charge in [0.05, 0.1) is 11.2 Å². The van der Waals surface area contributed by atoms with Gasteiger partial charge in [0.1, 0.15) is 0 Å². The predicted molar refractivity (Wildman–Crippen MR) is 83.9 cm³/mol. The van der Waals surface area contributed by atoms with E-state index in [1.54, 1.807) is 6.07 Å². The van der Waals surface area contributed by atoms with Crippen LogP contribution in [0.15, 0.2) is 52.0 Å². The first-order valence-corrected chi connectivity index (χ1v) is 8.59. The van der Waals surface area contributed by atoms with Gasteiger partial charge in [-0.25, -0.2) is 8.42 Å². The van der Waals surface area contributed by atoms with Crippen molar-refractivity contribution in [3.8, 4) is 0 Å². The number of carbonyl (C=O) groups excluding carboxylic acids is 2. The van der Waals surface area contributed by atoms with Gasteiger partial charge in [-0.2, -0.15) is 8.78 Å². The molecule has 134 valence electrons. The molecule has 0 radical (unpaired) electrons. The second kappa shape index (κ2) is 7.88.